The first-order chi connectivity index (χ1) is 9.33. The molecule has 1 saturated carbocycles. The first-order valence-corrected chi connectivity index (χ1v) is 8.58. The average molecular weight is 262 g/mol. The lowest BCUT2D eigenvalue weighted by Gasteiger charge is -2.14. The lowest BCUT2D eigenvalue weighted by Crippen LogP contribution is -2.01. The van der Waals surface area contributed by atoms with Crippen LogP contribution in [0.5, 0.6) is 0 Å². The number of carbonyl (C=O) groups is 1. The molecule has 0 aromatic heterocycles. The maximum atomic E-state index is 12.3. The second-order valence-electron chi connectivity index (χ2n) is 6.45. The topological polar surface area (TPSA) is 17.1 Å². The Hall–Kier alpha value is -0.590. The number of unbranched alkanes of at least 4 members (excludes halogenated alkanes) is 1. The maximum Gasteiger partial charge on any atom is 0.159 e. The summed E-state index contributed by atoms with van der Waals surface area (Å²) in [6.07, 6.45) is 16.4. The van der Waals surface area contributed by atoms with Gasteiger partial charge < -0.3 is 0 Å². The number of ketones is 1. The molecule has 1 atom stereocenters. The van der Waals surface area contributed by atoms with Crippen LogP contribution in [-0.4, -0.2) is 5.78 Å². The van der Waals surface area contributed by atoms with Gasteiger partial charge in [-0.2, -0.15) is 0 Å². The van der Waals surface area contributed by atoms with Crippen LogP contribution in [0.3, 0.4) is 0 Å². The van der Waals surface area contributed by atoms with Gasteiger partial charge in [0.25, 0.3) is 0 Å². The molecule has 0 spiro atoms. The van der Waals surface area contributed by atoms with Crippen molar-refractivity contribution in [2.75, 3.05) is 0 Å². The third kappa shape index (κ3) is 4.19. The Balaban J connectivity index is 2.06. The summed E-state index contributed by atoms with van der Waals surface area (Å²) in [5.41, 5.74) is 2.84. The van der Waals surface area contributed by atoms with Gasteiger partial charge in [0.05, 0.1) is 0 Å². The first kappa shape index (κ1) is 14.8. The smallest absolute Gasteiger partial charge is 0.159 e. The minimum Gasteiger partial charge on any atom is -0.295 e. The zero-order chi connectivity index (χ0) is 13.5. The van der Waals surface area contributed by atoms with Crippen molar-refractivity contribution in [2.24, 2.45) is 5.92 Å². The summed E-state index contributed by atoms with van der Waals surface area (Å²) >= 11 is 0. The van der Waals surface area contributed by atoms with Gasteiger partial charge in [0, 0.05) is 6.42 Å². The van der Waals surface area contributed by atoms with Crippen LogP contribution in [0.15, 0.2) is 11.1 Å². The van der Waals surface area contributed by atoms with Gasteiger partial charge in [0.1, 0.15) is 0 Å². The second kappa shape index (κ2) is 7.87. The van der Waals surface area contributed by atoms with E-state index in [0.29, 0.717) is 11.7 Å². The molecule has 0 N–H and O–H groups in total. The van der Waals surface area contributed by atoms with Crippen molar-refractivity contribution in [2.45, 2.75) is 90.4 Å². The van der Waals surface area contributed by atoms with E-state index in [0.717, 1.165) is 12.8 Å². The molecule has 1 heteroatoms. The van der Waals surface area contributed by atoms with Gasteiger partial charge in [-0.15, -0.1) is 0 Å². The zero-order valence-corrected chi connectivity index (χ0v) is 12.7. The van der Waals surface area contributed by atoms with Crippen molar-refractivity contribution < 1.29 is 4.79 Å². The molecule has 108 valence electrons. The summed E-state index contributed by atoms with van der Waals surface area (Å²) in [4.78, 5) is 12.3. The number of hydrogen-bond acceptors (Lipinski definition) is 1. The highest BCUT2D eigenvalue weighted by Gasteiger charge is 2.30. The molecule has 2 aliphatic carbocycles. The SMILES string of the molecule is CCCCC1=C2CCCCCCCCCC2CC1=O. The number of carbonyl (C=O) groups excluding carboxylic acids is 1. The molecule has 0 aromatic rings. The predicted molar refractivity (Wildman–Crippen MR) is 81.2 cm³/mol. The van der Waals surface area contributed by atoms with Crippen LogP contribution in [0.2, 0.25) is 0 Å². The molecular weight excluding hydrogens is 232 g/mol. The van der Waals surface area contributed by atoms with Crippen LogP contribution in [-0.2, 0) is 4.79 Å². The van der Waals surface area contributed by atoms with Crippen LogP contribution in [0.1, 0.15) is 90.4 Å². The van der Waals surface area contributed by atoms with E-state index in [2.05, 4.69) is 6.92 Å². The van der Waals surface area contributed by atoms with Crippen molar-refractivity contribution in [3.8, 4) is 0 Å². The fraction of sp³-hybridized carbons (Fsp3) is 0.833. The minimum absolute atomic E-state index is 0.491. The highest BCUT2D eigenvalue weighted by Crippen LogP contribution is 2.38. The van der Waals surface area contributed by atoms with Gasteiger partial charge in [0.15, 0.2) is 5.78 Å². The standard InChI is InChI=1S/C18H30O/c1-2-3-12-17-16-13-10-8-6-4-5-7-9-11-15(16)14-18(17)19/h15H,2-14H2,1H3. The molecule has 0 bridgehead atoms. The molecule has 2 rings (SSSR count). The normalized spacial score (nSPS) is 26.2. The average Bonchev–Trinajstić information content (AvgIpc) is 2.67. The van der Waals surface area contributed by atoms with E-state index in [4.69, 9.17) is 0 Å². The zero-order valence-electron chi connectivity index (χ0n) is 12.7. The molecule has 1 fully saturated rings. The van der Waals surface area contributed by atoms with Crippen molar-refractivity contribution in [1.29, 1.82) is 0 Å². The number of Topliss-reactive ketones (excluding diaryl/α,β-unsaturated/α-hetero) is 1. The van der Waals surface area contributed by atoms with Gasteiger partial charge in [-0.1, -0.05) is 57.4 Å². The van der Waals surface area contributed by atoms with E-state index in [1.54, 1.807) is 5.57 Å². The fourth-order valence-electron chi connectivity index (χ4n) is 3.77. The van der Waals surface area contributed by atoms with Crippen LogP contribution >= 0.6 is 0 Å². The van der Waals surface area contributed by atoms with E-state index >= 15 is 0 Å². The molecule has 2 aliphatic rings. The Bertz CT molecular complexity index is 327. The summed E-state index contributed by atoms with van der Waals surface area (Å²) in [6, 6.07) is 0. The Kier molecular flexibility index (Phi) is 6.13. The van der Waals surface area contributed by atoms with Gasteiger partial charge in [-0.25, -0.2) is 0 Å². The highest BCUT2D eigenvalue weighted by atomic mass is 16.1. The van der Waals surface area contributed by atoms with Gasteiger partial charge in [-0.05, 0) is 43.6 Å². The fourth-order valence-corrected chi connectivity index (χ4v) is 3.77. The predicted octanol–water partition coefficient (Wildman–Crippen LogP) is 5.59. The summed E-state index contributed by atoms with van der Waals surface area (Å²) in [5.74, 6) is 1.11. The third-order valence-electron chi connectivity index (χ3n) is 4.93. The Morgan fingerprint density at radius 2 is 1.68 bits per heavy atom. The van der Waals surface area contributed by atoms with E-state index in [1.807, 2.05) is 0 Å². The molecule has 0 saturated heterocycles. The highest BCUT2D eigenvalue weighted by molar-refractivity contribution is 5.99. The Morgan fingerprint density at radius 3 is 2.42 bits per heavy atom. The van der Waals surface area contributed by atoms with Gasteiger partial charge in [0.2, 0.25) is 0 Å². The molecule has 0 radical (unpaired) electrons. The van der Waals surface area contributed by atoms with Crippen LogP contribution < -0.4 is 0 Å². The molecule has 1 nitrogen and oxygen atoms in total. The molecule has 1 unspecified atom stereocenters. The summed E-state index contributed by atoms with van der Waals surface area (Å²) < 4.78 is 0. The van der Waals surface area contributed by atoms with Crippen molar-refractivity contribution in [3.05, 3.63) is 11.1 Å². The van der Waals surface area contributed by atoms with Crippen LogP contribution in [0, 0.1) is 5.92 Å². The Morgan fingerprint density at radius 1 is 1.00 bits per heavy atom. The van der Waals surface area contributed by atoms with Gasteiger partial charge >= 0.3 is 0 Å². The number of rotatable bonds is 3. The number of fused-ring (bicyclic) bond motifs is 1. The van der Waals surface area contributed by atoms with Crippen molar-refractivity contribution in [3.63, 3.8) is 0 Å². The number of allylic oxidation sites excluding steroid dienone is 2. The van der Waals surface area contributed by atoms with Crippen LogP contribution in [0.4, 0.5) is 0 Å². The lowest BCUT2D eigenvalue weighted by atomic mass is 9.90. The first-order valence-electron chi connectivity index (χ1n) is 8.58. The molecule has 0 aliphatic heterocycles. The lowest BCUT2D eigenvalue weighted by molar-refractivity contribution is -0.115. The minimum atomic E-state index is 0.491. The molecular formula is C18H30O. The quantitative estimate of drug-likeness (QED) is 0.648. The summed E-state index contributed by atoms with van der Waals surface area (Å²) in [7, 11) is 0. The second-order valence-corrected chi connectivity index (χ2v) is 6.45. The molecule has 19 heavy (non-hydrogen) atoms. The Labute approximate surface area is 118 Å². The van der Waals surface area contributed by atoms with Gasteiger partial charge in [-0.3, -0.25) is 4.79 Å². The monoisotopic (exact) mass is 262 g/mol. The van der Waals surface area contributed by atoms with E-state index < -0.39 is 0 Å². The molecule has 0 aromatic carbocycles. The molecule has 0 amide bonds. The van der Waals surface area contributed by atoms with E-state index in [1.165, 1.54) is 76.2 Å². The molecule has 0 heterocycles. The van der Waals surface area contributed by atoms with E-state index in [9.17, 15) is 4.79 Å². The maximum absolute atomic E-state index is 12.3. The largest absolute Gasteiger partial charge is 0.295 e. The van der Waals surface area contributed by atoms with E-state index in [-0.39, 0.29) is 0 Å². The summed E-state index contributed by atoms with van der Waals surface area (Å²) in [5, 5.41) is 0. The summed E-state index contributed by atoms with van der Waals surface area (Å²) in [6.45, 7) is 2.22. The van der Waals surface area contributed by atoms with Crippen molar-refractivity contribution in [1.82, 2.24) is 0 Å². The third-order valence-corrected chi connectivity index (χ3v) is 4.93. The van der Waals surface area contributed by atoms with Crippen molar-refractivity contribution >= 4 is 5.78 Å². The van der Waals surface area contributed by atoms with Crippen LogP contribution in [0.25, 0.3) is 0 Å². The number of hydrogen-bond donors (Lipinski definition) is 0.